The van der Waals surface area contributed by atoms with Crippen LogP contribution in [0.1, 0.15) is 0 Å². The molecule has 0 saturated carbocycles. The molecule has 0 bridgehead atoms. The Labute approximate surface area is 117 Å². The summed E-state index contributed by atoms with van der Waals surface area (Å²) in [5, 5.41) is 2.87. The molecule has 1 N–H and O–H groups in total. The highest BCUT2D eigenvalue weighted by Gasteiger charge is 2.13. The monoisotopic (exact) mass is 308 g/mol. The van der Waals surface area contributed by atoms with Crippen LogP contribution in [0.4, 0.5) is 11.9 Å². The summed E-state index contributed by atoms with van der Waals surface area (Å²) in [5.41, 5.74) is 0. The molecule has 1 aromatic heterocycles. The lowest BCUT2D eigenvalue weighted by molar-refractivity contribution is 0.521. The molecule has 1 aromatic rings. The van der Waals surface area contributed by atoms with E-state index >= 15 is 0 Å². The lowest BCUT2D eigenvalue weighted by Crippen LogP contribution is -2.28. The number of nitrogens with one attached hydrogen (secondary N) is 1. The van der Waals surface area contributed by atoms with E-state index in [9.17, 15) is 8.42 Å². The first-order chi connectivity index (χ1) is 8.72. The quantitative estimate of drug-likeness (QED) is 0.784. The van der Waals surface area contributed by atoms with Crippen LogP contribution in [0.25, 0.3) is 0 Å². The molecule has 8 nitrogen and oxygen atoms in total. The van der Waals surface area contributed by atoms with Crippen molar-refractivity contribution in [3.8, 4) is 0 Å². The predicted molar refractivity (Wildman–Crippen MR) is 75.1 cm³/mol. The lowest BCUT2D eigenvalue weighted by Gasteiger charge is -2.13. The summed E-state index contributed by atoms with van der Waals surface area (Å²) in [4.78, 5) is 13.6. The molecule has 0 fully saturated rings. The van der Waals surface area contributed by atoms with Gasteiger partial charge in [0.05, 0.1) is 5.75 Å². The number of hydrogen-bond donors (Lipinski definition) is 1. The third kappa shape index (κ3) is 4.77. The Morgan fingerprint density at radius 2 is 1.79 bits per heavy atom. The van der Waals surface area contributed by atoms with Gasteiger partial charge in [-0.2, -0.15) is 15.0 Å². The first kappa shape index (κ1) is 15.9. The highest BCUT2D eigenvalue weighted by molar-refractivity contribution is 7.89. The maximum absolute atomic E-state index is 11.6. The van der Waals surface area contributed by atoms with E-state index in [0.717, 1.165) is 0 Å². The molecule has 1 rings (SSSR count). The Kier molecular flexibility index (Phi) is 5.27. The minimum absolute atomic E-state index is 0.0525. The predicted octanol–water partition coefficient (Wildman–Crippen LogP) is -0.106. The molecule has 1 heterocycles. The van der Waals surface area contributed by atoms with Crippen molar-refractivity contribution in [2.75, 3.05) is 50.7 Å². The van der Waals surface area contributed by atoms with Gasteiger partial charge in [-0.05, 0) is 11.6 Å². The average Bonchev–Trinajstić information content (AvgIpc) is 2.27. The average molecular weight is 309 g/mol. The van der Waals surface area contributed by atoms with Crippen LogP contribution in [0.3, 0.4) is 0 Å². The van der Waals surface area contributed by atoms with Gasteiger partial charge in [0.25, 0.3) is 0 Å². The minimum atomic E-state index is -3.25. The minimum Gasteiger partial charge on any atom is -0.353 e. The van der Waals surface area contributed by atoms with Crippen molar-refractivity contribution in [2.24, 2.45) is 0 Å². The fourth-order valence-electron chi connectivity index (χ4n) is 1.09. The molecule has 10 heteroatoms. The van der Waals surface area contributed by atoms with Crippen LogP contribution in [-0.4, -0.2) is 68.2 Å². The zero-order valence-electron chi connectivity index (χ0n) is 11.3. The van der Waals surface area contributed by atoms with Crippen molar-refractivity contribution >= 4 is 33.5 Å². The zero-order chi connectivity index (χ0) is 14.6. The number of hydrogen-bond acceptors (Lipinski definition) is 7. The second-order valence-electron chi connectivity index (χ2n) is 4.15. The highest BCUT2D eigenvalue weighted by Crippen LogP contribution is 2.11. The van der Waals surface area contributed by atoms with E-state index in [0.29, 0.717) is 5.95 Å². The van der Waals surface area contributed by atoms with Crippen LogP contribution < -0.4 is 10.2 Å². The maximum atomic E-state index is 11.6. The van der Waals surface area contributed by atoms with Crippen molar-refractivity contribution in [1.29, 1.82) is 0 Å². The standard InChI is InChI=1S/C9H17ClN6O2S/c1-15(2)9-13-7(10)12-8(14-9)11-5-6-19(17,18)16(3)4/h5-6H2,1-4H3,(H,11,12,13,14). The van der Waals surface area contributed by atoms with Gasteiger partial charge in [-0.1, -0.05) is 0 Å². The van der Waals surface area contributed by atoms with Crippen molar-refractivity contribution in [2.45, 2.75) is 0 Å². The summed E-state index contributed by atoms with van der Waals surface area (Å²) in [7, 11) is 3.26. The molecule has 0 atom stereocenters. The molecular weight excluding hydrogens is 292 g/mol. The summed E-state index contributed by atoms with van der Waals surface area (Å²) in [5.74, 6) is 0.594. The van der Waals surface area contributed by atoms with Crippen LogP contribution in [-0.2, 0) is 10.0 Å². The molecule has 0 spiro atoms. The van der Waals surface area contributed by atoms with Gasteiger partial charge in [0.1, 0.15) is 0 Å². The van der Waals surface area contributed by atoms with Crippen molar-refractivity contribution in [3.63, 3.8) is 0 Å². The van der Waals surface area contributed by atoms with Gasteiger partial charge < -0.3 is 10.2 Å². The number of nitrogens with zero attached hydrogens (tertiary/aromatic N) is 5. The normalized spacial score (nSPS) is 11.7. The SMILES string of the molecule is CN(C)c1nc(Cl)nc(NCCS(=O)(=O)N(C)C)n1. The number of rotatable bonds is 6. The molecule has 0 saturated heterocycles. The fourth-order valence-corrected chi connectivity index (χ4v) is 1.97. The molecule has 0 radical (unpaired) electrons. The largest absolute Gasteiger partial charge is 0.353 e. The molecule has 0 aliphatic carbocycles. The number of sulfonamides is 1. The number of anilines is 2. The zero-order valence-corrected chi connectivity index (χ0v) is 12.8. The lowest BCUT2D eigenvalue weighted by atomic mass is 10.7. The Bertz CT molecular complexity index is 534. The number of halogens is 1. The topological polar surface area (TPSA) is 91.3 Å². The van der Waals surface area contributed by atoms with Gasteiger partial charge in [-0.3, -0.25) is 0 Å². The van der Waals surface area contributed by atoms with Crippen molar-refractivity contribution in [1.82, 2.24) is 19.3 Å². The second kappa shape index (κ2) is 6.31. The molecule has 0 unspecified atom stereocenters. The molecule has 0 aliphatic rings. The Morgan fingerprint density at radius 3 is 2.32 bits per heavy atom. The molecule has 108 valence electrons. The molecular formula is C9H17ClN6O2S. The summed E-state index contributed by atoms with van der Waals surface area (Å²) in [6.07, 6.45) is 0. The van der Waals surface area contributed by atoms with E-state index in [1.54, 1.807) is 19.0 Å². The molecule has 0 amide bonds. The third-order valence-electron chi connectivity index (χ3n) is 2.20. The Hall–Kier alpha value is -1.19. The first-order valence-electron chi connectivity index (χ1n) is 5.45. The van der Waals surface area contributed by atoms with Gasteiger partial charge in [0.2, 0.25) is 27.2 Å². The molecule has 0 aliphatic heterocycles. The van der Waals surface area contributed by atoms with Crippen LogP contribution in [0.15, 0.2) is 0 Å². The van der Waals surface area contributed by atoms with Crippen LogP contribution >= 0.6 is 11.6 Å². The number of aromatic nitrogens is 3. The van der Waals surface area contributed by atoms with E-state index in [2.05, 4.69) is 20.3 Å². The van der Waals surface area contributed by atoms with E-state index < -0.39 is 10.0 Å². The second-order valence-corrected chi connectivity index (χ2v) is 6.79. The molecule has 0 aromatic carbocycles. The van der Waals surface area contributed by atoms with E-state index in [-0.39, 0.29) is 23.5 Å². The Morgan fingerprint density at radius 1 is 1.16 bits per heavy atom. The van der Waals surface area contributed by atoms with Crippen molar-refractivity contribution in [3.05, 3.63) is 5.28 Å². The third-order valence-corrected chi connectivity index (χ3v) is 4.20. The van der Waals surface area contributed by atoms with Gasteiger partial charge in [0.15, 0.2) is 0 Å². The van der Waals surface area contributed by atoms with Crippen LogP contribution in [0.5, 0.6) is 0 Å². The van der Waals surface area contributed by atoms with Gasteiger partial charge in [-0.25, -0.2) is 12.7 Å². The van der Waals surface area contributed by atoms with E-state index in [1.807, 2.05) is 0 Å². The van der Waals surface area contributed by atoms with E-state index in [4.69, 9.17) is 11.6 Å². The van der Waals surface area contributed by atoms with Gasteiger partial charge in [0, 0.05) is 34.7 Å². The highest BCUT2D eigenvalue weighted by atomic mass is 35.5. The summed E-state index contributed by atoms with van der Waals surface area (Å²) in [6.45, 7) is 0.188. The van der Waals surface area contributed by atoms with Crippen LogP contribution in [0, 0.1) is 0 Å². The Balaban J connectivity index is 2.69. The van der Waals surface area contributed by atoms with Gasteiger partial charge in [-0.15, -0.1) is 0 Å². The maximum Gasteiger partial charge on any atom is 0.230 e. The molecule has 19 heavy (non-hydrogen) atoms. The summed E-state index contributed by atoms with van der Waals surface area (Å²) < 4.78 is 24.3. The van der Waals surface area contributed by atoms with Crippen molar-refractivity contribution < 1.29 is 8.42 Å². The summed E-state index contributed by atoms with van der Waals surface area (Å²) in [6, 6.07) is 0. The van der Waals surface area contributed by atoms with E-state index in [1.165, 1.54) is 18.4 Å². The first-order valence-corrected chi connectivity index (χ1v) is 7.44. The smallest absolute Gasteiger partial charge is 0.230 e. The fraction of sp³-hybridized carbons (Fsp3) is 0.667. The summed E-state index contributed by atoms with van der Waals surface area (Å²) >= 11 is 5.76. The van der Waals surface area contributed by atoms with Crippen LogP contribution in [0.2, 0.25) is 5.28 Å². The van der Waals surface area contributed by atoms with Gasteiger partial charge >= 0.3 is 0 Å².